The second-order valence-electron chi connectivity index (χ2n) is 5.82. The summed E-state index contributed by atoms with van der Waals surface area (Å²) in [4.78, 5) is 15.8. The van der Waals surface area contributed by atoms with Crippen molar-refractivity contribution < 1.29 is 17.8 Å². The Kier molecular flexibility index (Phi) is 4.96. The van der Waals surface area contributed by atoms with Crippen LogP contribution >= 0.6 is 0 Å². The van der Waals surface area contributed by atoms with E-state index in [4.69, 9.17) is 0 Å². The van der Waals surface area contributed by atoms with Gasteiger partial charge in [-0.2, -0.15) is 8.42 Å². The van der Waals surface area contributed by atoms with Gasteiger partial charge in [-0.1, -0.05) is 0 Å². The summed E-state index contributed by atoms with van der Waals surface area (Å²) < 4.78 is 32.6. The van der Waals surface area contributed by atoms with Crippen LogP contribution in [0.25, 0.3) is 0 Å². The minimum atomic E-state index is -4.44. The van der Waals surface area contributed by atoms with Gasteiger partial charge in [-0.15, -0.1) is 0 Å². The predicted molar refractivity (Wildman–Crippen MR) is 94.8 cm³/mol. The van der Waals surface area contributed by atoms with Crippen LogP contribution in [0.2, 0.25) is 0 Å². The molecule has 0 aliphatic heterocycles. The third kappa shape index (κ3) is 3.74. The first-order valence-electron chi connectivity index (χ1n) is 7.22. The van der Waals surface area contributed by atoms with Crippen molar-refractivity contribution in [1.82, 2.24) is 0 Å². The number of anilines is 2. The number of rotatable bonds is 5. The Labute approximate surface area is 142 Å². The molecule has 24 heavy (non-hydrogen) atoms. The molecule has 0 aliphatic carbocycles. The summed E-state index contributed by atoms with van der Waals surface area (Å²) in [6, 6.07) is 11.2. The smallest absolute Gasteiger partial charge is 0.296 e. The Morgan fingerprint density at radius 2 is 1.42 bits per heavy atom. The predicted octanol–water partition coefficient (Wildman–Crippen LogP) is 2.30. The molecule has 128 valence electrons. The van der Waals surface area contributed by atoms with Gasteiger partial charge in [0.25, 0.3) is 10.1 Å². The monoisotopic (exact) mass is 348 g/mol. The van der Waals surface area contributed by atoms with Crippen LogP contribution in [0.1, 0.15) is 15.9 Å². The van der Waals surface area contributed by atoms with E-state index in [0.717, 1.165) is 5.69 Å². The van der Waals surface area contributed by atoms with E-state index in [1.807, 2.05) is 31.1 Å². The fourth-order valence-corrected chi connectivity index (χ4v) is 3.10. The summed E-state index contributed by atoms with van der Waals surface area (Å²) in [5, 5.41) is 0. The molecular weight excluding hydrogens is 328 g/mol. The molecule has 0 unspecified atom stereocenters. The van der Waals surface area contributed by atoms with E-state index < -0.39 is 10.1 Å². The zero-order chi connectivity index (χ0) is 18.1. The lowest BCUT2D eigenvalue weighted by atomic mass is 10.0. The van der Waals surface area contributed by atoms with Gasteiger partial charge in [0, 0.05) is 45.0 Å². The van der Waals surface area contributed by atoms with Crippen molar-refractivity contribution in [3.05, 3.63) is 53.6 Å². The lowest BCUT2D eigenvalue weighted by molar-refractivity contribution is 0.103. The van der Waals surface area contributed by atoms with Crippen LogP contribution in [0.15, 0.2) is 47.4 Å². The maximum absolute atomic E-state index is 12.6. The van der Waals surface area contributed by atoms with E-state index >= 15 is 0 Å². The van der Waals surface area contributed by atoms with Crippen LogP contribution in [0.5, 0.6) is 0 Å². The van der Waals surface area contributed by atoms with Gasteiger partial charge in [0.15, 0.2) is 5.78 Å². The standard InChI is InChI=1S/C17H20N2O4S/c1-18(2)14-8-5-12(6-9-14)17(20)13-7-10-15(19(3)4)16(11-13)24(21,22)23/h5-11H,1-4H3,(H,21,22,23). The van der Waals surface area contributed by atoms with Crippen molar-refractivity contribution in [1.29, 1.82) is 0 Å². The molecule has 7 heteroatoms. The molecule has 0 bridgehead atoms. The molecule has 0 amide bonds. The van der Waals surface area contributed by atoms with E-state index in [0.29, 0.717) is 11.3 Å². The van der Waals surface area contributed by atoms with Crippen LogP contribution in [0.3, 0.4) is 0 Å². The molecule has 0 saturated heterocycles. The summed E-state index contributed by atoms with van der Waals surface area (Å²) in [5.41, 5.74) is 1.91. The molecule has 2 rings (SSSR count). The number of hydrogen-bond acceptors (Lipinski definition) is 5. The summed E-state index contributed by atoms with van der Waals surface area (Å²) >= 11 is 0. The topological polar surface area (TPSA) is 77.9 Å². The average Bonchev–Trinajstić information content (AvgIpc) is 2.52. The first kappa shape index (κ1) is 18.0. The van der Waals surface area contributed by atoms with Gasteiger partial charge >= 0.3 is 0 Å². The van der Waals surface area contributed by atoms with Gasteiger partial charge in [-0.25, -0.2) is 0 Å². The minimum Gasteiger partial charge on any atom is -0.378 e. The highest BCUT2D eigenvalue weighted by molar-refractivity contribution is 7.86. The van der Waals surface area contributed by atoms with Crippen molar-refractivity contribution >= 4 is 27.3 Å². The van der Waals surface area contributed by atoms with E-state index in [1.165, 1.54) is 12.1 Å². The molecule has 0 aromatic heterocycles. The number of benzene rings is 2. The highest BCUT2D eigenvalue weighted by Crippen LogP contribution is 2.26. The Morgan fingerprint density at radius 1 is 0.875 bits per heavy atom. The van der Waals surface area contributed by atoms with E-state index in [1.54, 1.807) is 37.2 Å². The Hall–Kier alpha value is -2.38. The van der Waals surface area contributed by atoms with Crippen molar-refractivity contribution in [2.45, 2.75) is 4.90 Å². The Bertz CT molecular complexity index is 857. The first-order chi connectivity index (χ1) is 11.1. The Balaban J connectivity index is 2.47. The van der Waals surface area contributed by atoms with Gasteiger partial charge in [-0.05, 0) is 42.5 Å². The highest BCUT2D eigenvalue weighted by atomic mass is 32.2. The quantitative estimate of drug-likeness (QED) is 0.660. The zero-order valence-electron chi connectivity index (χ0n) is 14.0. The summed E-state index contributed by atoms with van der Waals surface area (Å²) in [6.45, 7) is 0. The second kappa shape index (κ2) is 6.62. The van der Waals surface area contributed by atoms with Gasteiger partial charge in [0.2, 0.25) is 0 Å². The molecule has 2 aromatic carbocycles. The normalized spacial score (nSPS) is 11.2. The molecule has 0 fully saturated rings. The van der Waals surface area contributed by atoms with Gasteiger partial charge in [0.05, 0.1) is 5.69 Å². The molecule has 2 aromatic rings. The first-order valence-corrected chi connectivity index (χ1v) is 8.66. The average molecular weight is 348 g/mol. The number of carbonyl (C=O) groups is 1. The Morgan fingerprint density at radius 3 is 1.88 bits per heavy atom. The summed E-state index contributed by atoms with van der Waals surface area (Å²) in [7, 11) is 2.68. The van der Waals surface area contributed by atoms with E-state index in [9.17, 15) is 17.8 Å². The van der Waals surface area contributed by atoms with Crippen molar-refractivity contribution in [2.24, 2.45) is 0 Å². The molecule has 6 nitrogen and oxygen atoms in total. The molecule has 0 radical (unpaired) electrons. The van der Waals surface area contributed by atoms with Gasteiger partial charge < -0.3 is 9.80 Å². The van der Waals surface area contributed by atoms with Crippen LogP contribution < -0.4 is 9.80 Å². The SMILES string of the molecule is CN(C)c1ccc(C(=O)c2ccc(N(C)C)c(S(=O)(=O)O)c2)cc1. The van der Waals surface area contributed by atoms with Gasteiger partial charge in [0.1, 0.15) is 4.90 Å². The molecular formula is C17H20N2O4S. The summed E-state index contributed by atoms with van der Waals surface area (Å²) in [5.74, 6) is -0.310. The molecule has 0 spiro atoms. The lowest BCUT2D eigenvalue weighted by Crippen LogP contribution is -2.15. The van der Waals surface area contributed by atoms with Crippen LogP contribution in [-0.4, -0.2) is 46.9 Å². The second-order valence-corrected chi connectivity index (χ2v) is 7.21. The van der Waals surface area contributed by atoms with Crippen LogP contribution in [0, 0.1) is 0 Å². The molecule has 0 heterocycles. The minimum absolute atomic E-state index is 0.200. The van der Waals surface area contributed by atoms with Gasteiger partial charge in [-0.3, -0.25) is 9.35 Å². The lowest BCUT2D eigenvalue weighted by Gasteiger charge is -2.17. The maximum Gasteiger partial charge on any atom is 0.296 e. The number of nitrogens with zero attached hydrogens (tertiary/aromatic N) is 2. The molecule has 0 saturated carbocycles. The zero-order valence-corrected chi connectivity index (χ0v) is 14.8. The summed E-state index contributed by atoms with van der Waals surface area (Å²) in [6.07, 6.45) is 0. The largest absolute Gasteiger partial charge is 0.378 e. The molecule has 0 aliphatic rings. The van der Waals surface area contributed by atoms with Crippen LogP contribution in [-0.2, 0) is 10.1 Å². The molecule has 1 N–H and O–H groups in total. The van der Waals surface area contributed by atoms with Crippen LogP contribution in [0.4, 0.5) is 11.4 Å². The van der Waals surface area contributed by atoms with Crippen molar-refractivity contribution in [3.63, 3.8) is 0 Å². The fourth-order valence-electron chi connectivity index (χ4n) is 2.31. The molecule has 0 atom stereocenters. The van der Waals surface area contributed by atoms with Crippen molar-refractivity contribution in [3.8, 4) is 0 Å². The third-order valence-electron chi connectivity index (χ3n) is 3.63. The number of ketones is 1. The fraction of sp³-hybridized carbons (Fsp3) is 0.235. The van der Waals surface area contributed by atoms with E-state index in [2.05, 4.69) is 0 Å². The maximum atomic E-state index is 12.6. The third-order valence-corrected chi connectivity index (χ3v) is 4.51. The number of hydrogen-bond donors (Lipinski definition) is 1. The van der Waals surface area contributed by atoms with E-state index in [-0.39, 0.29) is 16.2 Å². The number of carbonyl (C=O) groups excluding carboxylic acids is 1. The van der Waals surface area contributed by atoms with Crippen molar-refractivity contribution in [2.75, 3.05) is 38.0 Å². The highest BCUT2D eigenvalue weighted by Gasteiger charge is 2.20.